The van der Waals surface area contributed by atoms with E-state index < -0.39 is 12.1 Å². The molecular weight excluding hydrogens is 206 g/mol. The lowest BCUT2D eigenvalue weighted by atomic mass is 9.98. The molecule has 0 aromatic carbocycles. The van der Waals surface area contributed by atoms with E-state index in [0.717, 1.165) is 12.0 Å². The summed E-state index contributed by atoms with van der Waals surface area (Å²) in [5, 5.41) is 5.15. The minimum atomic E-state index is -0.684. The second-order valence-electron chi connectivity index (χ2n) is 4.05. The van der Waals surface area contributed by atoms with Crippen LogP contribution in [0.1, 0.15) is 27.2 Å². The van der Waals surface area contributed by atoms with Crippen molar-refractivity contribution in [2.45, 2.75) is 33.2 Å². The van der Waals surface area contributed by atoms with Gasteiger partial charge in [0, 0.05) is 6.54 Å². The number of nitrogens with two attached hydrogens (primary N) is 1. The van der Waals surface area contributed by atoms with E-state index in [0.29, 0.717) is 6.54 Å². The predicted molar refractivity (Wildman–Crippen MR) is 63.8 cm³/mol. The van der Waals surface area contributed by atoms with Gasteiger partial charge in [-0.3, -0.25) is 4.79 Å². The van der Waals surface area contributed by atoms with Crippen molar-refractivity contribution in [1.82, 2.24) is 10.6 Å². The molecule has 0 fully saturated rings. The molecule has 0 heterocycles. The number of nitrogens with one attached hydrogen (secondary N) is 2. The predicted octanol–water partition coefficient (Wildman–Crippen LogP) is 0.762. The van der Waals surface area contributed by atoms with E-state index in [1.54, 1.807) is 0 Å². The Morgan fingerprint density at radius 2 is 2.00 bits per heavy atom. The highest BCUT2D eigenvalue weighted by molar-refractivity contribution is 5.86. The summed E-state index contributed by atoms with van der Waals surface area (Å²) in [6.45, 7) is 9.75. The van der Waals surface area contributed by atoms with Crippen molar-refractivity contribution >= 4 is 11.9 Å². The van der Waals surface area contributed by atoms with Crippen LogP contribution in [0.5, 0.6) is 0 Å². The number of hydrogen-bond donors (Lipinski definition) is 3. The highest BCUT2D eigenvalue weighted by Gasteiger charge is 2.24. The van der Waals surface area contributed by atoms with Crippen LogP contribution in [-0.2, 0) is 4.79 Å². The number of carbonyl (C=O) groups is 2. The summed E-state index contributed by atoms with van der Waals surface area (Å²) >= 11 is 0. The van der Waals surface area contributed by atoms with Gasteiger partial charge in [-0.25, -0.2) is 4.79 Å². The summed E-state index contributed by atoms with van der Waals surface area (Å²) in [6.07, 6.45) is 0.783. The molecule has 0 saturated heterocycles. The molecule has 0 bridgehead atoms. The SMILES string of the molecule is C=C(C)CNC(=O)C(NC(N)=O)C(C)CC. The zero-order valence-electron chi connectivity index (χ0n) is 10.2. The van der Waals surface area contributed by atoms with Crippen LogP contribution in [0.3, 0.4) is 0 Å². The Hall–Kier alpha value is -1.52. The average Bonchev–Trinajstić information content (AvgIpc) is 2.21. The van der Waals surface area contributed by atoms with Gasteiger partial charge in [-0.1, -0.05) is 32.4 Å². The molecule has 0 aliphatic rings. The topological polar surface area (TPSA) is 84.2 Å². The van der Waals surface area contributed by atoms with Crippen molar-refractivity contribution < 1.29 is 9.59 Å². The van der Waals surface area contributed by atoms with Gasteiger partial charge >= 0.3 is 6.03 Å². The van der Waals surface area contributed by atoms with Crippen LogP contribution < -0.4 is 16.4 Å². The lowest BCUT2D eigenvalue weighted by molar-refractivity contribution is -0.123. The molecular formula is C11H21N3O2. The van der Waals surface area contributed by atoms with E-state index in [1.807, 2.05) is 20.8 Å². The van der Waals surface area contributed by atoms with E-state index in [-0.39, 0.29) is 11.8 Å². The van der Waals surface area contributed by atoms with Crippen molar-refractivity contribution in [2.75, 3.05) is 6.54 Å². The molecule has 5 heteroatoms. The molecule has 3 amide bonds. The quantitative estimate of drug-likeness (QED) is 0.585. The third-order valence-electron chi connectivity index (χ3n) is 2.36. The Labute approximate surface area is 96.5 Å². The Morgan fingerprint density at radius 3 is 2.38 bits per heavy atom. The summed E-state index contributed by atoms with van der Waals surface area (Å²) in [6, 6.07) is -1.27. The summed E-state index contributed by atoms with van der Waals surface area (Å²) in [5.74, 6) is -0.186. The van der Waals surface area contributed by atoms with Gasteiger partial charge in [0.05, 0.1) is 0 Å². The van der Waals surface area contributed by atoms with Crippen LogP contribution in [0.4, 0.5) is 4.79 Å². The van der Waals surface area contributed by atoms with E-state index in [9.17, 15) is 9.59 Å². The van der Waals surface area contributed by atoms with Crippen molar-refractivity contribution in [3.63, 3.8) is 0 Å². The molecule has 2 atom stereocenters. The van der Waals surface area contributed by atoms with Crippen molar-refractivity contribution in [2.24, 2.45) is 11.7 Å². The lowest BCUT2D eigenvalue weighted by Gasteiger charge is -2.22. The second kappa shape index (κ2) is 6.87. The monoisotopic (exact) mass is 227 g/mol. The Balaban J connectivity index is 4.43. The Morgan fingerprint density at radius 1 is 1.44 bits per heavy atom. The molecule has 0 aromatic rings. The fourth-order valence-electron chi connectivity index (χ4n) is 1.20. The molecule has 0 radical (unpaired) electrons. The zero-order valence-corrected chi connectivity index (χ0v) is 10.2. The highest BCUT2D eigenvalue weighted by atomic mass is 16.2. The first-order valence-corrected chi connectivity index (χ1v) is 5.36. The molecule has 0 rings (SSSR count). The first-order chi connectivity index (χ1) is 7.38. The molecule has 2 unspecified atom stereocenters. The molecule has 92 valence electrons. The summed E-state index contributed by atoms with van der Waals surface area (Å²) in [7, 11) is 0. The van der Waals surface area contributed by atoms with Crippen LogP contribution in [0.2, 0.25) is 0 Å². The molecule has 0 aliphatic carbocycles. The molecule has 16 heavy (non-hydrogen) atoms. The normalized spacial score (nSPS) is 13.7. The van der Waals surface area contributed by atoms with Crippen LogP contribution >= 0.6 is 0 Å². The lowest BCUT2D eigenvalue weighted by Crippen LogP contribution is -2.52. The number of urea groups is 1. The summed E-state index contributed by atoms with van der Waals surface area (Å²) in [4.78, 5) is 22.5. The third kappa shape index (κ3) is 5.38. The average molecular weight is 227 g/mol. The first-order valence-electron chi connectivity index (χ1n) is 5.36. The summed E-state index contributed by atoms with van der Waals surface area (Å²) in [5.41, 5.74) is 5.89. The van der Waals surface area contributed by atoms with Crippen molar-refractivity contribution in [1.29, 1.82) is 0 Å². The maximum Gasteiger partial charge on any atom is 0.312 e. The van der Waals surface area contributed by atoms with Gasteiger partial charge in [0.15, 0.2) is 0 Å². The number of primary amides is 1. The van der Waals surface area contributed by atoms with E-state index in [4.69, 9.17) is 5.73 Å². The standard InChI is InChI=1S/C11H21N3O2/c1-5-8(4)9(14-11(12)16)10(15)13-6-7(2)3/h8-9H,2,5-6H2,1,3-4H3,(H,13,15)(H3,12,14,16). The van der Waals surface area contributed by atoms with Gasteiger partial charge < -0.3 is 16.4 Å². The minimum absolute atomic E-state index is 0.0395. The molecule has 0 aliphatic heterocycles. The minimum Gasteiger partial charge on any atom is -0.352 e. The van der Waals surface area contributed by atoms with Crippen LogP contribution in [0.15, 0.2) is 12.2 Å². The molecule has 5 nitrogen and oxygen atoms in total. The van der Waals surface area contributed by atoms with E-state index in [1.165, 1.54) is 0 Å². The first kappa shape index (κ1) is 14.5. The number of carbonyl (C=O) groups excluding carboxylic acids is 2. The van der Waals surface area contributed by atoms with Crippen molar-refractivity contribution in [3.8, 4) is 0 Å². The smallest absolute Gasteiger partial charge is 0.312 e. The van der Waals surface area contributed by atoms with Gasteiger partial charge in [0.2, 0.25) is 5.91 Å². The molecule has 0 spiro atoms. The van der Waals surface area contributed by atoms with E-state index in [2.05, 4.69) is 17.2 Å². The Bertz CT molecular complexity index is 276. The zero-order chi connectivity index (χ0) is 12.7. The number of hydrogen-bond acceptors (Lipinski definition) is 2. The fraction of sp³-hybridized carbons (Fsp3) is 0.636. The maximum atomic E-state index is 11.8. The van der Waals surface area contributed by atoms with Crippen molar-refractivity contribution in [3.05, 3.63) is 12.2 Å². The highest BCUT2D eigenvalue weighted by Crippen LogP contribution is 2.07. The molecule has 0 saturated carbocycles. The van der Waals surface area contributed by atoms with Gasteiger partial charge in [0.25, 0.3) is 0 Å². The second-order valence-corrected chi connectivity index (χ2v) is 4.05. The van der Waals surface area contributed by atoms with Crippen LogP contribution in [0, 0.1) is 5.92 Å². The molecule has 0 aromatic heterocycles. The maximum absolute atomic E-state index is 11.8. The largest absolute Gasteiger partial charge is 0.352 e. The number of amides is 3. The van der Waals surface area contributed by atoms with E-state index >= 15 is 0 Å². The number of rotatable bonds is 6. The third-order valence-corrected chi connectivity index (χ3v) is 2.36. The van der Waals surface area contributed by atoms with Gasteiger partial charge in [-0.05, 0) is 12.8 Å². The Kier molecular flexibility index (Phi) is 6.22. The summed E-state index contributed by atoms with van der Waals surface area (Å²) < 4.78 is 0. The van der Waals surface area contributed by atoms with Crippen LogP contribution in [0.25, 0.3) is 0 Å². The van der Waals surface area contributed by atoms with Gasteiger partial charge in [-0.2, -0.15) is 0 Å². The fourth-order valence-corrected chi connectivity index (χ4v) is 1.20. The van der Waals surface area contributed by atoms with Crippen LogP contribution in [-0.4, -0.2) is 24.5 Å². The molecule has 4 N–H and O–H groups in total. The van der Waals surface area contributed by atoms with Gasteiger partial charge in [0.1, 0.15) is 6.04 Å². The van der Waals surface area contributed by atoms with Gasteiger partial charge in [-0.15, -0.1) is 0 Å².